The van der Waals surface area contributed by atoms with Crippen molar-refractivity contribution in [3.63, 3.8) is 0 Å². The maximum Gasteiger partial charge on any atom is 0.265 e. The van der Waals surface area contributed by atoms with Gasteiger partial charge in [-0.3, -0.25) is 9.59 Å². The van der Waals surface area contributed by atoms with E-state index in [1.807, 2.05) is 26.8 Å². The van der Waals surface area contributed by atoms with Crippen molar-refractivity contribution in [2.45, 2.75) is 38.8 Å². The number of halogens is 1. The molecule has 2 aromatic rings. The molecule has 5 nitrogen and oxygen atoms in total. The van der Waals surface area contributed by atoms with E-state index in [1.165, 1.54) is 0 Å². The predicted octanol–water partition coefficient (Wildman–Crippen LogP) is 3.81. The van der Waals surface area contributed by atoms with Crippen LogP contribution in [0.1, 0.15) is 36.7 Å². The smallest absolute Gasteiger partial charge is 0.265 e. The summed E-state index contributed by atoms with van der Waals surface area (Å²) in [5.74, 6) is 0.301. The molecule has 0 aliphatic carbocycles. The number of benzene rings is 2. The Labute approximate surface area is 157 Å². The first-order chi connectivity index (χ1) is 12.2. The average Bonchev–Trinajstić information content (AvgIpc) is 2.97. The zero-order valence-electron chi connectivity index (χ0n) is 14.9. The molecule has 2 amide bonds. The Hall–Kier alpha value is -2.53. The van der Waals surface area contributed by atoms with E-state index in [9.17, 15) is 9.59 Å². The van der Waals surface area contributed by atoms with Crippen LogP contribution in [-0.4, -0.2) is 23.5 Å². The Morgan fingerprint density at radius 3 is 2.46 bits per heavy atom. The van der Waals surface area contributed by atoms with Gasteiger partial charge in [-0.25, -0.2) is 0 Å². The Morgan fingerprint density at radius 1 is 1.12 bits per heavy atom. The van der Waals surface area contributed by atoms with Crippen molar-refractivity contribution in [2.75, 3.05) is 5.32 Å². The van der Waals surface area contributed by atoms with E-state index in [0.717, 1.165) is 5.56 Å². The van der Waals surface area contributed by atoms with E-state index in [1.54, 1.807) is 36.4 Å². The fraction of sp³-hybridized carbons (Fsp3) is 0.300. The highest BCUT2D eigenvalue weighted by atomic mass is 35.5. The minimum atomic E-state index is -0.590. The Morgan fingerprint density at radius 2 is 1.81 bits per heavy atom. The van der Waals surface area contributed by atoms with Gasteiger partial charge >= 0.3 is 0 Å². The van der Waals surface area contributed by atoms with Gasteiger partial charge in [0.2, 0.25) is 0 Å². The fourth-order valence-corrected chi connectivity index (χ4v) is 2.90. The van der Waals surface area contributed by atoms with Crippen molar-refractivity contribution < 1.29 is 14.3 Å². The molecule has 1 atom stereocenters. The molecular formula is C20H21ClN2O3. The van der Waals surface area contributed by atoms with Crippen molar-refractivity contribution in [1.82, 2.24) is 5.32 Å². The van der Waals surface area contributed by atoms with Gasteiger partial charge in [0, 0.05) is 28.2 Å². The Balaban J connectivity index is 1.61. The largest absolute Gasteiger partial charge is 0.480 e. The molecule has 0 saturated carbocycles. The minimum absolute atomic E-state index is 0.151. The summed E-state index contributed by atoms with van der Waals surface area (Å²) in [6.45, 7) is 5.77. The van der Waals surface area contributed by atoms with Gasteiger partial charge in [0.15, 0.2) is 6.10 Å². The van der Waals surface area contributed by atoms with Crippen LogP contribution in [0.3, 0.4) is 0 Å². The molecular weight excluding hydrogens is 352 g/mol. The number of hydrogen-bond acceptors (Lipinski definition) is 3. The van der Waals surface area contributed by atoms with Crippen LogP contribution in [0.2, 0.25) is 5.02 Å². The molecule has 1 heterocycles. The second-order valence-electron chi connectivity index (χ2n) is 7.33. The summed E-state index contributed by atoms with van der Waals surface area (Å²) in [7, 11) is 0. The number of carbonyl (C=O) groups is 2. The summed E-state index contributed by atoms with van der Waals surface area (Å²) < 4.78 is 5.68. The summed E-state index contributed by atoms with van der Waals surface area (Å²) in [5.41, 5.74) is 1.77. The zero-order chi connectivity index (χ0) is 18.9. The zero-order valence-corrected chi connectivity index (χ0v) is 15.7. The van der Waals surface area contributed by atoms with Crippen LogP contribution in [-0.2, 0) is 11.2 Å². The molecule has 0 spiro atoms. The quantitative estimate of drug-likeness (QED) is 0.860. The van der Waals surface area contributed by atoms with Gasteiger partial charge in [-0.15, -0.1) is 0 Å². The fourth-order valence-electron chi connectivity index (χ4n) is 2.70. The molecule has 1 unspecified atom stereocenters. The highest BCUT2D eigenvalue weighted by molar-refractivity contribution is 6.30. The van der Waals surface area contributed by atoms with Crippen LogP contribution in [0.25, 0.3) is 0 Å². The third kappa shape index (κ3) is 4.35. The van der Waals surface area contributed by atoms with E-state index in [2.05, 4.69) is 10.6 Å². The maximum atomic E-state index is 12.4. The van der Waals surface area contributed by atoms with Gasteiger partial charge in [-0.05, 0) is 68.8 Å². The van der Waals surface area contributed by atoms with E-state index >= 15 is 0 Å². The van der Waals surface area contributed by atoms with E-state index < -0.39 is 6.10 Å². The van der Waals surface area contributed by atoms with Crippen molar-refractivity contribution in [1.29, 1.82) is 0 Å². The van der Waals surface area contributed by atoms with Crippen LogP contribution in [0.5, 0.6) is 5.75 Å². The molecule has 0 aromatic heterocycles. The van der Waals surface area contributed by atoms with Gasteiger partial charge < -0.3 is 15.4 Å². The number of hydrogen-bond donors (Lipinski definition) is 2. The van der Waals surface area contributed by atoms with E-state index in [4.69, 9.17) is 16.3 Å². The van der Waals surface area contributed by atoms with Crippen molar-refractivity contribution in [3.8, 4) is 5.75 Å². The summed E-state index contributed by atoms with van der Waals surface area (Å²) in [4.78, 5) is 24.6. The van der Waals surface area contributed by atoms with Crippen LogP contribution in [0.4, 0.5) is 5.69 Å². The van der Waals surface area contributed by atoms with Gasteiger partial charge in [0.25, 0.3) is 11.8 Å². The van der Waals surface area contributed by atoms with Crippen molar-refractivity contribution in [3.05, 3.63) is 58.6 Å². The number of rotatable bonds is 3. The van der Waals surface area contributed by atoms with Gasteiger partial charge in [-0.1, -0.05) is 11.6 Å². The highest BCUT2D eigenvalue weighted by Crippen LogP contribution is 2.31. The number of ether oxygens (including phenoxy) is 1. The van der Waals surface area contributed by atoms with Crippen molar-refractivity contribution in [2.24, 2.45) is 0 Å². The van der Waals surface area contributed by atoms with E-state index in [-0.39, 0.29) is 17.4 Å². The predicted molar refractivity (Wildman–Crippen MR) is 102 cm³/mol. The average molecular weight is 373 g/mol. The summed E-state index contributed by atoms with van der Waals surface area (Å²) in [6, 6.07) is 12.1. The molecule has 1 aliphatic heterocycles. The summed E-state index contributed by atoms with van der Waals surface area (Å²) in [6.07, 6.45) is -0.110. The molecule has 2 N–H and O–H groups in total. The standard InChI is InChI=1S/C20H21ClN2O3/c1-20(2,3)23-18(24)12-4-7-15(8-5-12)22-19(25)17-11-13-10-14(21)6-9-16(13)26-17/h4-10,17H,11H2,1-3H3,(H,22,25)(H,23,24). The lowest BCUT2D eigenvalue weighted by molar-refractivity contribution is -0.122. The van der Waals surface area contributed by atoms with Gasteiger partial charge in [-0.2, -0.15) is 0 Å². The second-order valence-corrected chi connectivity index (χ2v) is 7.77. The summed E-state index contributed by atoms with van der Waals surface area (Å²) in [5, 5.41) is 6.34. The molecule has 3 rings (SSSR count). The number of nitrogens with one attached hydrogen (secondary N) is 2. The molecule has 6 heteroatoms. The number of carbonyl (C=O) groups excluding carboxylic acids is 2. The lowest BCUT2D eigenvalue weighted by atomic mass is 10.1. The monoisotopic (exact) mass is 372 g/mol. The van der Waals surface area contributed by atoms with Crippen molar-refractivity contribution >= 4 is 29.1 Å². The number of anilines is 1. The number of fused-ring (bicyclic) bond motifs is 1. The lowest BCUT2D eigenvalue weighted by Gasteiger charge is -2.20. The molecule has 136 valence electrons. The minimum Gasteiger partial charge on any atom is -0.480 e. The van der Waals surface area contributed by atoms with Crippen LogP contribution in [0.15, 0.2) is 42.5 Å². The topological polar surface area (TPSA) is 67.4 Å². The second kappa shape index (κ2) is 7.00. The highest BCUT2D eigenvalue weighted by Gasteiger charge is 2.29. The molecule has 26 heavy (non-hydrogen) atoms. The number of amides is 2. The molecule has 2 aromatic carbocycles. The molecule has 1 aliphatic rings. The summed E-state index contributed by atoms with van der Waals surface area (Å²) >= 11 is 5.97. The molecule has 0 saturated heterocycles. The first kappa shape index (κ1) is 18.3. The van der Waals surface area contributed by atoms with Gasteiger partial charge in [0.05, 0.1) is 0 Å². The van der Waals surface area contributed by atoms with E-state index in [0.29, 0.717) is 28.4 Å². The Kier molecular flexibility index (Phi) is 4.92. The van der Waals surface area contributed by atoms with Crippen LogP contribution in [0, 0.1) is 0 Å². The SMILES string of the molecule is CC(C)(C)NC(=O)c1ccc(NC(=O)C2Cc3cc(Cl)ccc3O2)cc1. The van der Waals surface area contributed by atoms with Crippen LogP contribution >= 0.6 is 11.6 Å². The Bertz CT molecular complexity index is 841. The first-order valence-corrected chi connectivity index (χ1v) is 8.77. The maximum absolute atomic E-state index is 12.4. The molecule has 0 radical (unpaired) electrons. The normalized spacial score (nSPS) is 15.8. The molecule has 0 fully saturated rings. The third-order valence-electron chi connectivity index (χ3n) is 3.89. The van der Waals surface area contributed by atoms with Gasteiger partial charge in [0.1, 0.15) is 5.75 Å². The molecule has 0 bridgehead atoms. The lowest BCUT2D eigenvalue weighted by Crippen LogP contribution is -2.40. The third-order valence-corrected chi connectivity index (χ3v) is 4.13. The van der Waals surface area contributed by atoms with Crippen LogP contribution < -0.4 is 15.4 Å². The first-order valence-electron chi connectivity index (χ1n) is 8.40.